The van der Waals surface area contributed by atoms with Gasteiger partial charge in [-0.1, -0.05) is 11.6 Å². The number of nitrogens with zero attached hydrogens (tertiary/aromatic N) is 1. The highest BCUT2D eigenvalue weighted by Crippen LogP contribution is 2.17. The molecule has 1 heterocycles. The molecule has 2 aromatic rings. The largest absolute Gasteiger partial charge is 0.366 e. The summed E-state index contributed by atoms with van der Waals surface area (Å²) in [4.78, 5) is 26.9. The van der Waals surface area contributed by atoms with Gasteiger partial charge in [0.15, 0.2) is 6.54 Å². The molecule has 2 amide bonds. The molecule has 1 fully saturated rings. The maximum Gasteiger partial charge on any atom is 0.279 e. The number of primary amides is 1. The number of carbonyl (C=O) groups excluding carboxylic acids is 2. The number of nitrogens with one attached hydrogen (secondary N) is 2. The van der Waals surface area contributed by atoms with E-state index in [1.165, 1.54) is 4.90 Å². The minimum Gasteiger partial charge on any atom is -0.366 e. The highest BCUT2D eigenvalue weighted by atomic mass is 35.5. The summed E-state index contributed by atoms with van der Waals surface area (Å²) in [5.41, 5.74) is 7.46. The number of carbonyl (C=O) groups is 2. The number of hydrogen-bond acceptors (Lipinski definition) is 3. The zero-order valence-electron chi connectivity index (χ0n) is 14.4. The van der Waals surface area contributed by atoms with Crippen LogP contribution in [0.15, 0.2) is 48.5 Å². The summed E-state index contributed by atoms with van der Waals surface area (Å²) in [5, 5.41) is 3.60. The predicted molar refractivity (Wildman–Crippen MR) is 103 cm³/mol. The van der Waals surface area contributed by atoms with Gasteiger partial charge in [0.1, 0.15) is 0 Å². The topological polar surface area (TPSA) is 79.9 Å². The molecule has 26 heavy (non-hydrogen) atoms. The lowest BCUT2D eigenvalue weighted by molar-refractivity contribution is -0.892. The second-order valence-corrected chi connectivity index (χ2v) is 6.82. The predicted octanol–water partition coefficient (Wildman–Crippen LogP) is 0.783. The van der Waals surface area contributed by atoms with Crippen LogP contribution in [0.3, 0.4) is 0 Å². The fraction of sp³-hybridized carbons (Fsp3) is 0.263. The van der Waals surface area contributed by atoms with Gasteiger partial charge in [-0.25, -0.2) is 0 Å². The molecular weight excluding hydrogens is 352 g/mol. The lowest BCUT2D eigenvalue weighted by atomic mass is 10.2. The van der Waals surface area contributed by atoms with Crippen molar-refractivity contribution in [2.45, 2.75) is 0 Å². The fourth-order valence-corrected chi connectivity index (χ4v) is 3.19. The van der Waals surface area contributed by atoms with E-state index in [-0.39, 0.29) is 5.91 Å². The van der Waals surface area contributed by atoms with E-state index in [0.717, 1.165) is 36.9 Å². The SMILES string of the molecule is NC(=O)c1ccc(NC(=O)C[NH+]2CCN(c3ccc(Cl)cc3)CC2)cc1. The minimum atomic E-state index is -0.481. The van der Waals surface area contributed by atoms with E-state index in [1.807, 2.05) is 24.3 Å². The Morgan fingerprint density at radius 2 is 1.65 bits per heavy atom. The maximum atomic E-state index is 12.2. The molecule has 7 heteroatoms. The maximum absolute atomic E-state index is 12.2. The Morgan fingerprint density at radius 1 is 1.04 bits per heavy atom. The molecular formula is C19H22ClN4O2+. The Morgan fingerprint density at radius 3 is 2.23 bits per heavy atom. The van der Waals surface area contributed by atoms with E-state index in [4.69, 9.17) is 17.3 Å². The highest BCUT2D eigenvalue weighted by molar-refractivity contribution is 6.30. The van der Waals surface area contributed by atoms with Crippen LogP contribution in [-0.4, -0.2) is 44.5 Å². The average molecular weight is 374 g/mol. The van der Waals surface area contributed by atoms with Crippen molar-refractivity contribution in [1.29, 1.82) is 0 Å². The molecule has 0 bridgehead atoms. The number of rotatable bonds is 5. The number of anilines is 2. The smallest absolute Gasteiger partial charge is 0.279 e. The van der Waals surface area contributed by atoms with Crippen molar-refractivity contribution in [2.75, 3.05) is 42.9 Å². The third-order valence-electron chi connectivity index (χ3n) is 4.53. The van der Waals surface area contributed by atoms with Crippen LogP contribution in [0.4, 0.5) is 11.4 Å². The van der Waals surface area contributed by atoms with E-state index in [2.05, 4.69) is 10.2 Å². The normalized spacial score (nSPS) is 14.9. The van der Waals surface area contributed by atoms with Crippen molar-refractivity contribution in [2.24, 2.45) is 5.73 Å². The zero-order chi connectivity index (χ0) is 18.5. The van der Waals surface area contributed by atoms with Gasteiger partial charge in [0, 0.05) is 22.0 Å². The van der Waals surface area contributed by atoms with Crippen LogP contribution >= 0.6 is 11.6 Å². The summed E-state index contributed by atoms with van der Waals surface area (Å²) < 4.78 is 0. The first-order chi connectivity index (χ1) is 12.5. The second-order valence-electron chi connectivity index (χ2n) is 6.38. The van der Waals surface area contributed by atoms with Crippen LogP contribution in [-0.2, 0) is 4.79 Å². The molecule has 0 aliphatic carbocycles. The second kappa shape index (κ2) is 8.21. The number of halogens is 1. The van der Waals surface area contributed by atoms with Gasteiger partial charge < -0.3 is 20.9 Å². The summed E-state index contributed by atoms with van der Waals surface area (Å²) in [7, 11) is 0. The minimum absolute atomic E-state index is 0.0354. The molecule has 1 saturated heterocycles. The van der Waals surface area contributed by atoms with Crippen LogP contribution < -0.4 is 20.9 Å². The molecule has 136 valence electrons. The van der Waals surface area contributed by atoms with Crippen molar-refractivity contribution in [3.8, 4) is 0 Å². The Hall–Kier alpha value is -2.57. The molecule has 1 aliphatic heterocycles. The molecule has 3 rings (SSSR count). The summed E-state index contributed by atoms with van der Waals surface area (Å²) >= 11 is 5.93. The van der Waals surface area contributed by atoms with E-state index in [1.54, 1.807) is 24.3 Å². The molecule has 6 nitrogen and oxygen atoms in total. The quantitative estimate of drug-likeness (QED) is 0.724. The van der Waals surface area contributed by atoms with Gasteiger partial charge >= 0.3 is 0 Å². The Kier molecular flexibility index (Phi) is 5.75. The van der Waals surface area contributed by atoms with Crippen LogP contribution in [0.25, 0.3) is 0 Å². The third-order valence-corrected chi connectivity index (χ3v) is 4.78. The van der Waals surface area contributed by atoms with Crippen molar-refractivity contribution in [3.63, 3.8) is 0 Å². The number of amides is 2. The molecule has 0 atom stereocenters. The van der Waals surface area contributed by atoms with Gasteiger partial charge in [0.05, 0.1) is 26.2 Å². The molecule has 0 unspecified atom stereocenters. The van der Waals surface area contributed by atoms with Gasteiger partial charge in [-0.15, -0.1) is 0 Å². The van der Waals surface area contributed by atoms with Crippen LogP contribution in [0.1, 0.15) is 10.4 Å². The third kappa shape index (κ3) is 4.74. The van der Waals surface area contributed by atoms with Crippen LogP contribution in [0.2, 0.25) is 5.02 Å². The molecule has 4 N–H and O–H groups in total. The fourth-order valence-electron chi connectivity index (χ4n) is 3.06. The standard InChI is InChI=1S/C19H21ClN4O2/c20-15-3-7-17(8-4-15)24-11-9-23(10-12-24)13-18(25)22-16-5-1-14(2-6-16)19(21)26/h1-8H,9-13H2,(H2,21,26)(H,22,25)/p+1. The number of piperazine rings is 1. The van der Waals surface area contributed by atoms with Gasteiger partial charge in [0.2, 0.25) is 5.91 Å². The molecule has 0 radical (unpaired) electrons. The van der Waals surface area contributed by atoms with Crippen molar-refractivity contribution in [1.82, 2.24) is 0 Å². The lowest BCUT2D eigenvalue weighted by Crippen LogP contribution is -3.15. The zero-order valence-corrected chi connectivity index (χ0v) is 15.1. The summed E-state index contributed by atoms with van der Waals surface area (Å²) in [6.45, 7) is 4.02. The van der Waals surface area contributed by atoms with Crippen molar-refractivity contribution in [3.05, 3.63) is 59.1 Å². The molecule has 2 aromatic carbocycles. The summed E-state index contributed by atoms with van der Waals surface area (Å²) in [5.74, 6) is -0.516. The first-order valence-electron chi connectivity index (χ1n) is 8.55. The average Bonchev–Trinajstić information content (AvgIpc) is 2.63. The monoisotopic (exact) mass is 373 g/mol. The van der Waals surface area contributed by atoms with Gasteiger partial charge in [-0.05, 0) is 48.5 Å². The van der Waals surface area contributed by atoms with E-state index in [9.17, 15) is 9.59 Å². The Bertz CT molecular complexity index is 769. The molecule has 0 aromatic heterocycles. The van der Waals surface area contributed by atoms with E-state index in [0.29, 0.717) is 17.8 Å². The van der Waals surface area contributed by atoms with Crippen LogP contribution in [0, 0.1) is 0 Å². The molecule has 0 spiro atoms. The van der Waals surface area contributed by atoms with E-state index < -0.39 is 5.91 Å². The highest BCUT2D eigenvalue weighted by Gasteiger charge is 2.22. The van der Waals surface area contributed by atoms with Crippen molar-refractivity contribution >= 4 is 34.8 Å². The first-order valence-corrected chi connectivity index (χ1v) is 8.93. The number of hydrogen-bond donors (Lipinski definition) is 3. The van der Waals surface area contributed by atoms with Crippen molar-refractivity contribution < 1.29 is 14.5 Å². The van der Waals surface area contributed by atoms with Crippen LogP contribution in [0.5, 0.6) is 0 Å². The summed E-state index contributed by atoms with van der Waals surface area (Å²) in [6, 6.07) is 14.4. The number of nitrogens with two attached hydrogens (primary N) is 1. The summed E-state index contributed by atoms with van der Waals surface area (Å²) in [6.07, 6.45) is 0. The molecule has 0 saturated carbocycles. The lowest BCUT2D eigenvalue weighted by Gasteiger charge is -2.33. The van der Waals surface area contributed by atoms with E-state index >= 15 is 0 Å². The Labute approximate surface area is 157 Å². The number of benzene rings is 2. The number of quaternary nitrogens is 1. The van der Waals surface area contributed by atoms with Gasteiger partial charge in [0.25, 0.3) is 5.91 Å². The first kappa shape index (κ1) is 18.2. The molecule has 1 aliphatic rings. The Balaban J connectivity index is 1.47. The van der Waals surface area contributed by atoms with Gasteiger partial charge in [-0.2, -0.15) is 0 Å². The van der Waals surface area contributed by atoms with Gasteiger partial charge in [-0.3, -0.25) is 9.59 Å².